The van der Waals surface area contributed by atoms with Crippen molar-refractivity contribution in [3.63, 3.8) is 0 Å². The minimum absolute atomic E-state index is 0.238. The zero-order valence-corrected chi connectivity index (χ0v) is 8.70. The highest BCUT2D eigenvalue weighted by Gasteiger charge is 2.08. The minimum Gasteiger partial charge on any atom is -0.303 e. The second-order valence-corrected chi connectivity index (χ2v) is 3.61. The van der Waals surface area contributed by atoms with E-state index in [1.54, 1.807) is 0 Å². The Labute approximate surface area is 89.4 Å². The van der Waals surface area contributed by atoms with Crippen LogP contribution in [0.25, 0.3) is 0 Å². The molecule has 0 aliphatic rings. The number of aldehydes is 1. The largest absolute Gasteiger partial charge is 0.303 e. The molecule has 0 bridgehead atoms. The standard InChI is InChI=1S/C12H13ClO/c1-2-3-10(8-9-14)11-4-6-12(13)7-5-11/h2,4-7,9-10H,1,3,8H2. The van der Waals surface area contributed by atoms with E-state index in [0.29, 0.717) is 6.42 Å². The van der Waals surface area contributed by atoms with Gasteiger partial charge in [0.2, 0.25) is 0 Å². The third-order valence-corrected chi connectivity index (χ3v) is 2.43. The Bertz CT molecular complexity index is 293. The molecule has 0 spiro atoms. The smallest absolute Gasteiger partial charge is 0.120 e. The maximum Gasteiger partial charge on any atom is 0.120 e. The van der Waals surface area contributed by atoms with Crippen LogP contribution in [-0.4, -0.2) is 6.29 Å². The van der Waals surface area contributed by atoms with Crippen LogP contribution < -0.4 is 0 Å². The molecule has 1 nitrogen and oxygen atoms in total. The van der Waals surface area contributed by atoms with Gasteiger partial charge in [-0.25, -0.2) is 0 Å². The summed E-state index contributed by atoms with van der Waals surface area (Å²) in [6.45, 7) is 3.68. The first kappa shape index (κ1) is 11.0. The average Bonchev–Trinajstić information content (AvgIpc) is 2.19. The van der Waals surface area contributed by atoms with Gasteiger partial charge in [0, 0.05) is 11.4 Å². The molecule has 0 amide bonds. The normalized spacial score (nSPS) is 12.1. The lowest BCUT2D eigenvalue weighted by atomic mass is 9.93. The summed E-state index contributed by atoms with van der Waals surface area (Å²) in [6.07, 6.45) is 4.14. The first-order valence-electron chi connectivity index (χ1n) is 4.58. The molecule has 1 aromatic rings. The van der Waals surface area contributed by atoms with Crippen molar-refractivity contribution in [3.8, 4) is 0 Å². The Hall–Kier alpha value is -1.08. The Balaban J connectivity index is 2.80. The van der Waals surface area contributed by atoms with Crippen molar-refractivity contribution >= 4 is 17.9 Å². The van der Waals surface area contributed by atoms with Gasteiger partial charge in [0.05, 0.1) is 0 Å². The second kappa shape index (κ2) is 5.61. The highest BCUT2D eigenvalue weighted by Crippen LogP contribution is 2.24. The molecule has 1 unspecified atom stereocenters. The fourth-order valence-corrected chi connectivity index (χ4v) is 1.55. The van der Waals surface area contributed by atoms with Crippen molar-refractivity contribution in [2.45, 2.75) is 18.8 Å². The molecule has 0 aliphatic carbocycles. The van der Waals surface area contributed by atoms with E-state index in [9.17, 15) is 4.79 Å². The van der Waals surface area contributed by atoms with E-state index in [1.165, 1.54) is 0 Å². The highest BCUT2D eigenvalue weighted by molar-refractivity contribution is 6.30. The van der Waals surface area contributed by atoms with Crippen molar-refractivity contribution in [3.05, 3.63) is 47.5 Å². The molecule has 1 atom stereocenters. The van der Waals surface area contributed by atoms with Crippen molar-refractivity contribution in [2.24, 2.45) is 0 Å². The van der Waals surface area contributed by atoms with Crippen LogP contribution in [0.5, 0.6) is 0 Å². The molecule has 0 saturated carbocycles. The Morgan fingerprint density at radius 2 is 1.93 bits per heavy atom. The minimum atomic E-state index is 0.238. The molecule has 2 heteroatoms. The number of allylic oxidation sites excluding steroid dienone is 1. The molecule has 0 radical (unpaired) electrons. The summed E-state index contributed by atoms with van der Waals surface area (Å²) < 4.78 is 0. The molecule has 0 aliphatic heterocycles. The van der Waals surface area contributed by atoms with Gasteiger partial charge in [-0.15, -0.1) is 6.58 Å². The van der Waals surface area contributed by atoms with Gasteiger partial charge in [-0.3, -0.25) is 0 Å². The van der Waals surface area contributed by atoms with Crippen LogP contribution >= 0.6 is 11.6 Å². The Morgan fingerprint density at radius 3 is 2.43 bits per heavy atom. The lowest BCUT2D eigenvalue weighted by Crippen LogP contribution is -1.98. The van der Waals surface area contributed by atoms with Crippen molar-refractivity contribution in [2.75, 3.05) is 0 Å². The van der Waals surface area contributed by atoms with Crippen LogP contribution in [0.4, 0.5) is 0 Å². The van der Waals surface area contributed by atoms with E-state index in [1.807, 2.05) is 30.3 Å². The van der Waals surface area contributed by atoms with E-state index in [4.69, 9.17) is 11.6 Å². The van der Waals surface area contributed by atoms with E-state index in [-0.39, 0.29) is 5.92 Å². The molecule has 0 N–H and O–H groups in total. The molecule has 1 rings (SSSR count). The van der Waals surface area contributed by atoms with Gasteiger partial charge in [0.15, 0.2) is 0 Å². The molecule has 0 fully saturated rings. The van der Waals surface area contributed by atoms with Gasteiger partial charge in [0.1, 0.15) is 6.29 Å². The first-order valence-corrected chi connectivity index (χ1v) is 4.95. The van der Waals surface area contributed by atoms with Crippen molar-refractivity contribution in [1.82, 2.24) is 0 Å². The van der Waals surface area contributed by atoms with Crippen LogP contribution in [0, 0.1) is 0 Å². The molecule has 1 aromatic carbocycles. The maximum atomic E-state index is 10.5. The molecule has 0 saturated heterocycles. The highest BCUT2D eigenvalue weighted by atomic mass is 35.5. The third kappa shape index (κ3) is 3.00. The molecular weight excluding hydrogens is 196 g/mol. The number of hydrogen-bond acceptors (Lipinski definition) is 1. The van der Waals surface area contributed by atoms with Gasteiger partial charge in [-0.2, -0.15) is 0 Å². The summed E-state index contributed by atoms with van der Waals surface area (Å²) in [5.41, 5.74) is 1.14. The third-order valence-electron chi connectivity index (χ3n) is 2.17. The number of halogens is 1. The van der Waals surface area contributed by atoms with Gasteiger partial charge >= 0.3 is 0 Å². The number of rotatable bonds is 5. The van der Waals surface area contributed by atoms with Gasteiger partial charge in [0.25, 0.3) is 0 Å². The zero-order valence-electron chi connectivity index (χ0n) is 7.95. The zero-order chi connectivity index (χ0) is 10.4. The van der Waals surface area contributed by atoms with Crippen LogP contribution in [-0.2, 0) is 4.79 Å². The number of carbonyl (C=O) groups excluding carboxylic acids is 1. The van der Waals surface area contributed by atoms with Crippen LogP contribution in [0.15, 0.2) is 36.9 Å². The monoisotopic (exact) mass is 208 g/mol. The van der Waals surface area contributed by atoms with E-state index < -0.39 is 0 Å². The summed E-state index contributed by atoms with van der Waals surface area (Å²) in [7, 11) is 0. The fraction of sp³-hybridized carbons (Fsp3) is 0.250. The van der Waals surface area contributed by atoms with Crippen LogP contribution in [0.1, 0.15) is 24.3 Å². The number of hydrogen-bond donors (Lipinski definition) is 0. The first-order chi connectivity index (χ1) is 6.77. The van der Waals surface area contributed by atoms with Gasteiger partial charge in [-0.1, -0.05) is 29.8 Å². The molecule has 74 valence electrons. The Kier molecular flexibility index (Phi) is 4.41. The number of benzene rings is 1. The quantitative estimate of drug-likeness (QED) is 0.534. The molecule has 0 aromatic heterocycles. The number of carbonyl (C=O) groups is 1. The SMILES string of the molecule is C=CCC(CC=O)c1ccc(Cl)cc1. The molecular formula is C12H13ClO. The summed E-state index contributed by atoms with van der Waals surface area (Å²) >= 11 is 5.78. The predicted molar refractivity (Wildman–Crippen MR) is 59.7 cm³/mol. The van der Waals surface area contributed by atoms with Crippen LogP contribution in [0.3, 0.4) is 0 Å². The van der Waals surface area contributed by atoms with Crippen molar-refractivity contribution in [1.29, 1.82) is 0 Å². The maximum absolute atomic E-state index is 10.5. The summed E-state index contributed by atoms with van der Waals surface area (Å²) in [4.78, 5) is 10.5. The summed E-state index contributed by atoms with van der Waals surface area (Å²) in [5.74, 6) is 0.238. The lowest BCUT2D eigenvalue weighted by molar-refractivity contribution is -0.108. The average molecular weight is 209 g/mol. The summed E-state index contributed by atoms with van der Waals surface area (Å²) in [5, 5.41) is 0.720. The van der Waals surface area contributed by atoms with Crippen LogP contribution in [0.2, 0.25) is 5.02 Å². The topological polar surface area (TPSA) is 17.1 Å². The van der Waals surface area contributed by atoms with E-state index in [2.05, 4.69) is 6.58 Å². The van der Waals surface area contributed by atoms with Crippen molar-refractivity contribution < 1.29 is 4.79 Å². The van der Waals surface area contributed by atoms with E-state index >= 15 is 0 Å². The fourth-order valence-electron chi connectivity index (χ4n) is 1.42. The predicted octanol–water partition coefficient (Wildman–Crippen LogP) is 3.59. The molecule has 0 heterocycles. The van der Waals surface area contributed by atoms with E-state index in [0.717, 1.165) is 23.3 Å². The molecule has 14 heavy (non-hydrogen) atoms. The lowest BCUT2D eigenvalue weighted by Gasteiger charge is -2.11. The second-order valence-electron chi connectivity index (χ2n) is 3.18. The summed E-state index contributed by atoms with van der Waals surface area (Å²) in [6, 6.07) is 7.61. The van der Waals surface area contributed by atoms with Gasteiger partial charge < -0.3 is 4.79 Å². The van der Waals surface area contributed by atoms with Gasteiger partial charge in [-0.05, 0) is 30.0 Å². The Morgan fingerprint density at radius 1 is 1.29 bits per heavy atom.